The number of hydrogen-bond acceptors (Lipinski definition) is 8. The second kappa shape index (κ2) is 12.3. The summed E-state index contributed by atoms with van der Waals surface area (Å²) in [4.78, 5) is 61.1. The molecule has 1 fully saturated rings. The molecule has 3 amide bonds. The van der Waals surface area contributed by atoms with Crippen molar-refractivity contribution in [2.45, 2.75) is 38.5 Å². The van der Waals surface area contributed by atoms with E-state index in [2.05, 4.69) is 10.6 Å². The van der Waals surface area contributed by atoms with Crippen LogP contribution in [0.4, 0.5) is 10.5 Å². The van der Waals surface area contributed by atoms with Crippen LogP contribution in [0.15, 0.2) is 54.6 Å². The summed E-state index contributed by atoms with van der Waals surface area (Å²) >= 11 is 0. The van der Waals surface area contributed by atoms with Crippen molar-refractivity contribution in [2.24, 2.45) is 0 Å². The molecule has 0 radical (unpaired) electrons. The molecule has 36 heavy (non-hydrogen) atoms. The van der Waals surface area contributed by atoms with Gasteiger partial charge in [-0.05, 0) is 37.5 Å². The molecule has 190 valence electrons. The lowest BCUT2D eigenvalue weighted by molar-refractivity contribution is -0.384. The average Bonchev–Trinajstić information content (AvgIpc) is 3.36. The summed E-state index contributed by atoms with van der Waals surface area (Å²) in [6.45, 7) is 1.43. The summed E-state index contributed by atoms with van der Waals surface area (Å²) < 4.78 is 10.2. The highest BCUT2D eigenvalue weighted by Crippen LogP contribution is 2.19. The van der Waals surface area contributed by atoms with E-state index in [1.807, 2.05) is 18.2 Å². The van der Waals surface area contributed by atoms with Crippen LogP contribution in [0, 0.1) is 10.1 Å². The number of nitrogens with one attached hydrogen (secondary N) is 2. The predicted molar refractivity (Wildman–Crippen MR) is 126 cm³/mol. The van der Waals surface area contributed by atoms with Gasteiger partial charge in [0.15, 0.2) is 0 Å². The Morgan fingerprint density at radius 3 is 2.47 bits per heavy atom. The maximum atomic E-state index is 12.9. The van der Waals surface area contributed by atoms with Crippen LogP contribution in [0.3, 0.4) is 0 Å². The highest BCUT2D eigenvalue weighted by Gasteiger charge is 2.36. The summed E-state index contributed by atoms with van der Waals surface area (Å²) in [5, 5.41) is 15.6. The number of ether oxygens (including phenoxy) is 2. The lowest BCUT2D eigenvalue weighted by atomic mass is 10.2. The minimum Gasteiger partial charge on any atom is -0.445 e. The Labute approximate surface area is 206 Å². The van der Waals surface area contributed by atoms with Gasteiger partial charge in [0.1, 0.15) is 31.0 Å². The van der Waals surface area contributed by atoms with Crippen molar-refractivity contribution in [2.75, 3.05) is 13.1 Å². The van der Waals surface area contributed by atoms with E-state index >= 15 is 0 Å². The van der Waals surface area contributed by atoms with E-state index in [1.54, 1.807) is 12.1 Å². The van der Waals surface area contributed by atoms with E-state index in [1.165, 1.54) is 36.1 Å². The lowest BCUT2D eigenvalue weighted by Crippen LogP contribution is -2.53. The van der Waals surface area contributed by atoms with E-state index in [9.17, 15) is 29.3 Å². The molecule has 0 spiro atoms. The van der Waals surface area contributed by atoms with Crippen molar-refractivity contribution in [3.63, 3.8) is 0 Å². The molecule has 12 heteroatoms. The number of rotatable bonds is 9. The predicted octanol–water partition coefficient (Wildman–Crippen LogP) is 1.92. The Kier molecular flexibility index (Phi) is 8.92. The fourth-order valence-corrected chi connectivity index (χ4v) is 3.64. The summed E-state index contributed by atoms with van der Waals surface area (Å²) in [5.41, 5.74) is 0.650. The molecule has 0 aliphatic carbocycles. The Bertz CT molecular complexity index is 1110. The third-order valence-electron chi connectivity index (χ3n) is 5.44. The summed E-state index contributed by atoms with van der Waals surface area (Å²) in [6.07, 6.45) is 0.233. The van der Waals surface area contributed by atoms with Crippen LogP contribution in [-0.2, 0) is 25.7 Å². The highest BCUT2D eigenvalue weighted by molar-refractivity contribution is 5.92. The van der Waals surface area contributed by atoms with Gasteiger partial charge in [-0.15, -0.1) is 0 Å². The molecular weight excluding hydrogens is 472 g/mol. The minimum absolute atomic E-state index is 0.0539. The highest BCUT2D eigenvalue weighted by atomic mass is 16.6. The first-order chi connectivity index (χ1) is 17.2. The zero-order valence-electron chi connectivity index (χ0n) is 19.5. The van der Waals surface area contributed by atoms with Crippen LogP contribution in [-0.4, -0.2) is 58.9 Å². The van der Waals surface area contributed by atoms with Gasteiger partial charge in [-0.3, -0.25) is 19.7 Å². The number of carbonyl (C=O) groups is 4. The molecule has 0 aromatic heterocycles. The SMILES string of the molecule is C[C@@H](NC(=O)OCc1ccccc1)C(=O)N1CCC[C@@H]1C(=O)NCC(=O)Oc1ccc([N+](=O)[O-])cc1. The molecule has 2 N–H and O–H groups in total. The second-order valence-electron chi connectivity index (χ2n) is 8.06. The molecule has 1 heterocycles. The van der Waals surface area contributed by atoms with Gasteiger partial charge in [0.25, 0.3) is 5.69 Å². The number of nitro benzene ring substituents is 1. The van der Waals surface area contributed by atoms with E-state index in [0.29, 0.717) is 19.4 Å². The van der Waals surface area contributed by atoms with E-state index in [-0.39, 0.29) is 18.0 Å². The molecule has 1 aliphatic rings. The number of benzene rings is 2. The number of likely N-dealkylation sites (tertiary alicyclic amines) is 1. The van der Waals surface area contributed by atoms with Gasteiger partial charge in [0, 0.05) is 18.7 Å². The van der Waals surface area contributed by atoms with Gasteiger partial charge in [-0.2, -0.15) is 0 Å². The van der Waals surface area contributed by atoms with E-state index < -0.39 is 47.4 Å². The topological polar surface area (TPSA) is 157 Å². The first-order valence-electron chi connectivity index (χ1n) is 11.2. The number of nitro groups is 1. The number of esters is 1. The molecule has 0 unspecified atom stereocenters. The number of amides is 3. The molecule has 1 saturated heterocycles. The first kappa shape index (κ1) is 26.1. The Hall–Kier alpha value is -4.48. The number of hydrogen-bond donors (Lipinski definition) is 2. The average molecular weight is 498 g/mol. The van der Waals surface area contributed by atoms with Crippen molar-refractivity contribution in [1.82, 2.24) is 15.5 Å². The normalized spacial score (nSPS) is 15.5. The molecule has 0 saturated carbocycles. The molecule has 0 bridgehead atoms. The molecule has 2 aromatic rings. The number of nitrogens with zero attached hydrogens (tertiary/aromatic N) is 2. The monoisotopic (exact) mass is 498 g/mol. The zero-order chi connectivity index (χ0) is 26.1. The van der Waals surface area contributed by atoms with Crippen LogP contribution in [0.1, 0.15) is 25.3 Å². The molecule has 2 atom stereocenters. The van der Waals surface area contributed by atoms with Crippen LogP contribution < -0.4 is 15.4 Å². The van der Waals surface area contributed by atoms with Gasteiger partial charge in [-0.25, -0.2) is 9.59 Å². The molecule has 2 aromatic carbocycles. The molecule has 12 nitrogen and oxygen atoms in total. The fourth-order valence-electron chi connectivity index (χ4n) is 3.64. The molecular formula is C24H26N4O8. The summed E-state index contributed by atoms with van der Waals surface area (Å²) in [6, 6.07) is 12.3. The third kappa shape index (κ3) is 7.26. The van der Waals surface area contributed by atoms with Gasteiger partial charge in [-0.1, -0.05) is 30.3 Å². The zero-order valence-corrected chi connectivity index (χ0v) is 19.5. The van der Waals surface area contributed by atoms with Gasteiger partial charge < -0.3 is 25.0 Å². The first-order valence-corrected chi connectivity index (χ1v) is 11.2. The smallest absolute Gasteiger partial charge is 0.408 e. The molecule has 3 rings (SSSR count). The van der Waals surface area contributed by atoms with Crippen molar-refractivity contribution in [3.8, 4) is 5.75 Å². The van der Waals surface area contributed by atoms with E-state index in [0.717, 1.165) is 5.56 Å². The standard InChI is InChI=1S/C24H26N4O8/c1-16(26-24(32)35-15-17-6-3-2-4-7-17)23(31)27-13-5-8-20(27)22(30)25-14-21(29)36-19-11-9-18(10-12-19)28(33)34/h2-4,6-7,9-12,16,20H,5,8,13-15H2,1H3,(H,25,30)(H,26,32)/t16-,20-/m1/s1. The van der Waals surface area contributed by atoms with Crippen LogP contribution in [0.2, 0.25) is 0 Å². The third-order valence-corrected chi connectivity index (χ3v) is 5.44. The largest absolute Gasteiger partial charge is 0.445 e. The lowest BCUT2D eigenvalue weighted by Gasteiger charge is -2.26. The Balaban J connectivity index is 1.45. The number of non-ortho nitro benzene ring substituents is 1. The number of alkyl carbamates (subject to hydrolysis) is 1. The molecule has 1 aliphatic heterocycles. The van der Waals surface area contributed by atoms with Crippen LogP contribution in [0.5, 0.6) is 5.75 Å². The van der Waals surface area contributed by atoms with Crippen molar-refractivity contribution < 1.29 is 33.6 Å². The quantitative estimate of drug-likeness (QED) is 0.230. The Morgan fingerprint density at radius 1 is 1.11 bits per heavy atom. The van der Waals surface area contributed by atoms with E-state index in [4.69, 9.17) is 9.47 Å². The van der Waals surface area contributed by atoms with Crippen LogP contribution >= 0.6 is 0 Å². The maximum Gasteiger partial charge on any atom is 0.408 e. The van der Waals surface area contributed by atoms with Gasteiger partial charge >= 0.3 is 12.1 Å². The summed E-state index contributed by atoms with van der Waals surface area (Å²) in [7, 11) is 0. The van der Waals surface area contributed by atoms with Crippen molar-refractivity contribution in [3.05, 3.63) is 70.3 Å². The van der Waals surface area contributed by atoms with Gasteiger partial charge in [0.2, 0.25) is 11.8 Å². The number of carbonyl (C=O) groups excluding carboxylic acids is 4. The fraction of sp³-hybridized carbons (Fsp3) is 0.333. The second-order valence-corrected chi connectivity index (χ2v) is 8.06. The van der Waals surface area contributed by atoms with Crippen molar-refractivity contribution >= 4 is 29.6 Å². The summed E-state index contributed by atoms with van der Waals surface area (Å²) in [5.74, 6) is -1.65. The Morgan fingerprint density at radius 2 is 1.81 bits per heavy atom. The van der Waals surface area contributed by atoms with Crippen LogP contribution in [0.25, 0.3) is 0 Å². The maximum absolute atomic E-state index is 12.9. The minimum atomic E-state index is -0.922. The van der Waals surface area contributed by atoms with Gasteiger partial charge in [0.05, 0.1) is 4.92 Å². The van der Waals surface area contributed by atoms with Crippen molar-refractivity contribution in [1.29, 1.82) is 0 Å².